The molecule has 1 aliphatic rings. The van der Waals surface area contributed by atoms with E-state index in [9.17, 15) is 18.0 Å². The van der Waals surface area contributed by atoms with Crippen LogP contribution in [0.15, 0.2) is 6.20 Å². The number of carbonyl (C=O) groups is 1. The Bertz CT molecular complexity index is 615. The Hall–Kier alpha value is -2.26. The third-order valence-corrected chi connectivity index (χ3v) is 3.30. The van der Waals surface area contributed by atoms with Gasteiger partial charge in [0.15, 0.2) is 0 Å². The van der Waals surface area contributed by atoms with E-state index in [0.717, 1.165) is 0 Å². The van der Waals surface area contributed by atoms with Gasteiger partial charge in [-0.2, -0.15) is 18.2 Å². The standard InChI is InChI=1S/C14H20F3N5O2/c1-13(2,3)24-12(23)22-5-4-8(7-22)20-11-19-6-9(10(18)21-11)14(15,16)17/h6,8H,4-5,7H2,1-3H3,(H3,18,19,20,21)/t8-/m1/s1. The van der Waals surface area contributed by atoms with Crippen LogP contribution in [0.4, 0.5) is 29.7 Å². The molecule has 1 amide bonds. The van der Waals surface area contributed by atoms with Gasteiger partial charge >= 0.3 is 12.3 Å². The maximum atomic E-state index is 12.6. The van der Waals surface area contributed by atoms with Gasteiger partial charge in [0, 0.05) is 25.3 Å². The minimum absolute atomic E-state index is 0.00320. The van der Waals surface area contributed by atoms with E-state index >= 15 is 0 Å². The van der Waals surface area contributed by atoms with E-state index < -0.39 is 29.3 Å². The van der Waals surface area contributed by atoms with Gasteiger partial charge in [-0.25, -0.2) is 9.78 Å². The fourth-order valence-corrected chi connectivity index (χ4v) is 2.24. The molecule has 1 aliphatic heterocycles. The van der Waals surface area contributed by atoms with E-state index in [1.54, 1.807) is 20.8 Å². The Morgan fingerprint density at radius 2 is 2.08 bits per heavy atom. The lowest BCUT2D eigenvalue weighted by Gasteiger charge is -2.24. The van der Waals surface area contributed by atoms with Crippen LogP contribution in [0.5, 0.6) is 0 Å². The molecule has 0 unspecified atom stereocenters. The van der Waals surface area contributed by atoms with Crippen molar-refractivity contribution >= 4 is 17.9 Å². The van der Waals surface area contributed by atoms with E-state index in [2.05, 4.69) is 15.3 Å². The summed E-state index contributed by atoms with van der Waals surface area (Å²) in [6, 6.07) is -0.186. The molecule has 0 bridgehead atoms. The van der Waals surface area contributed by atoms with Gasteiger partial charge in [-0.05, 0) is 27.2 Å². The van der Waals surface area contributed by atoms with Crippen LogP contribution in [0, 0.1) is 0 Å². The number of ether oxygens (including phenoxy) is 1. The Labute approximate surface area is 137 Å². The number of nitrogen functional groups attached to an aromatic ring is 1. The van der Waals surface area contributed by atoms with Gasteiger partial charge in [0.2, 0.25) is 5.95 Å². The monoisotopic (exact) mass is 347 g/mol. The zero-order valence-electron chi connectivity index (χ0n) is 13.6. The van der Waals surface area contributed by atoms with Crippen LogP contribution in [0.3, 0.4) is 0 Å². The van der Waals surface area contributed by atoms with Crippen LogP contribution in [0.25, 0.3) is 0 Å². The van der Waals surface area contributed by atoms with Gasteiger partial charge in [-0.15, -0.1) is 0 Å². The number of alkyl halides is 3. The average molecular weight is 347 g/mol. The van der Waals surface area contributed by atoms with Crippen molar-refractivity contribution in [1.82, 2.24) is 14.9 Å². The number of aromatic nitrogens is 2. The number of amides is 1. The van der Waals surface area contributed by atoms with Crippen molar-refractivity contribution in [2.45, 2.75) is 45.0 Å². The summed E-state index contributed by atoms with van der Waals surface area (Å²) in [7, 11) is 0. The van der Waals surface area contributed by atoms with E-state index in [4.69, 9.17) is 10.5 Å². The molecule has 10 heteroatoms. The third kappa shape index (κ3) is 4.62. The van der Waals surface area contributed by atoms with Crippen LogP contribution >= 0.6 is 0 Å². The number of halogens is 3. The van der Waals surface area contributed by atoms with Gasteiger partial charge in [-0.3, -0.25) is 0 Å². The van der Waals surface area contributed by atoms with Crippen molar-refractivity contribution in [1.29, 1.82) is 0 Å². The molecule has 0 saturated carbocycles. The molecule has 0 aromatic carbocycles. The summed E-state index contributed by atoms with van der Waals surface area (Å²) in [5.41, 5.74) is 3.67. The topological polar surface area (TPSA) is 93.4 Å². The Kier molecular flexibility index (Phi) is 4.77. The molecule has 3 N–H and O–H groups in total. The van der Waals surface area contributed by atoms with Crippen molar-refractivity contribution in [3.05, 3.63) is 11.8 Å². The molecule has 1 fully saturated rings. The molecule has 134 valence electrons. The summed E-state index contributed by atoms with van der Waals surface area (Å²) in [5, 5.41) is 2.89. The number of anilines is 2. The lowest BCUT2D eigenvalue weighted by Crippen LogP contribution is -2.36. The zero-order chi connectivity index (χ0) is 18.1. The number of nitrogens with zero attached hydrogens (tertiary/aromatic N) is 3. The zero-order valence-corrected chi connectivity index (χ0v) is 13.6. The van der Waals surface area contributed by atoms with Crippen LogP contribution in [0.1, 0.15) is 32.8 Å². The second kappa shape index (κ2) is 6.33. The summed E-state index contributed by atoms with van der Waals surface area (Å²) >= 11 is 0. The molecule has 0 spiro atoms. The van der Waals surface area contributed by atoms with Gasteiger partial charge < -0.3 is 20.7 Å². The quantitative estimate of drug-likeness (QED) is 0.854. The second-order valence-electron chi connectivity index (χ2n) is 6.55. The van der Waals surface area contributed by atoms with Crippen molar-refractivity contribution < 1.29 is 22.7 Å². The van der Waals surface area contributed by atoms with Crippen molar-refractivity contribution in [3.63, 3.8) is 0 Å². The number of hydrogen-bond acceptors (Lipinski definition) is 6. The number of rotatable bonds is 2. The number of likely N-dealkylation sites (tertiary alicyclic amines) is 1. The molecule has 1 aromatic rings. The second-order valence-corrected chi connectivity index (χ2v) is 6.55. The average Bonchev–Trinajstić information content (AvgIpc) is 2.83. The number of nitrogens with two attached hydrogens (primary N) is 1. The lowest BCUT2D eigenvalue weighted by atomic mass is 10.2. The summed E-state index contributed by atoms with van der Waals surface area (Å²) in [5.74, 6) is -0.640. The molecule has 1 atom stereocenters. The first-order valence-corrected chi connectivity index (χ1v) is 7.40. The van der Waals surface area contributed by atoms with E-state index in [1.807, 2.05) is 0 Å². The maximum Gasteiger partial charge on any atom is 0.421 e. The van der Waals surface area contributed by atoms with Gasteiger partial charge in [0.1, 0.15) is 17.0 Å². The summed E-state index contributed by atoms with van der Waals surface area (Å²) in [6.07, 6.45) is -3.78. The van der Waals surface area contributed by atoms with E-state index in [-0.39, 0.29) is 12.0 Å². The Morgan fingerprint density at radius 3 is 2.62 bits per heavy atom. The van der Waals surface area contributed by atoms with Crippen LogP contribution in [0.2, 0.25) is 0 Å². The SMILES string of the molecule is CC(C)(C)OC(=O)N1CC[C@@H](Nc2ncc(C(F)(F)F)c(N)n2)C1. The van der Waals surface area contributed by atoms with Gasteiger partial charge in [0.25, 0.3) is 0 Å². The first kappa shape index (κ1) is 18.1. The van der Waals surface area contributed by atoms with Gasteiger partial charge in [-0.1, -0.05) is 0 Å². The highest BCUT2D eigenvalue weighted by Crippen LogP contribution is 2.32. The summed E-state index contributed by atoms with van der Waals surface area (Å²) in [6.45, 7) is 6.14. The molecule has 1 aromatic heterocycles. The fraction of sp³-hybridized carbons (Fsp3) is 0.643. The molecule has 2 rings (SSSR count). The van der Waals surface area contributed by atoms with Crippen LogP contribution in [-0.2, 0) is 10.9 Å². The highest BCUT2D eigenvalue weighted by atomic mass is 19.4. The van der Waals surface area contributed by atoms with Crippen LogP contribution < -0.4 is 11.1 Å². The largest absolute Gasteiger partial charge is 0.444 e. The highest BCUT2D eigenvalue weighted by molar-refractivity contribution is 5.68. The number of hydrogen-bond donors (Lipinski definition) is 2. The predicted molar refractivity (Wildman–Crippen MR) is 81.3 cm³/mol. The molecular formula is C14H20F3N5O2. The maximum absolute atomic E-state index is 12.6. The molecular weight excluding hydrogens is 327 g/mol. The van der Waals surface area contributed by atoms with Crippen molar-refractivity contribution in [2.75, 3.05) is 24.1 Å². The number of nitrogens with one attached hydrogen (secondary N) is 1. The van der Waals surface area contributed by atoms with Crippen molar-refractivity contribution in [2.24, 2.45) is 0 Å². The molecule has 1 saturated heterocycles. The fourth-order valence-electron chi connectivity index (χ4n) is 2.24. The van der Waals surface area contributed by atoms with Gasteiger partial charge in [0.05, 0.1) is 0 Å². The summed E-state index contributed by atoms with van der Waals surface area (Å²) in [4.78, 5) is 20.8. The minimum atomic E-state index is -4.59. The normalized spacial score (nSPS) is 18.6. The van der Waals surface area contributed by atoms with E-state index in [0.29, 0.717) is 25.7 Å². The Balaban J connectivity index is 1.96. The van der Waals surface area contributed by atoms with E-state index in [1.165, 1.54) is 4.90 Å². The molecule has 7 nitrogen and oxygen atoms in total. The highest BCUT2D eigenvalue weighted by Gasteiger charge is 2.35. The Morgan fingerprint density at radius 1 is 1.42 bits per heavy atom. The molecule has 2 heterocycles. The molecule has 24 heavy (non-hydrogen) atoms. The lowest BCUT2D eigenvalue weighted by molar-refractivity contribution is -0.137. The number of carbonyl (C=O) groups excluding carboxylic acids is 1. The molecule has 0 radical (unpaired) electrons. The summed E-state index contributed by atoms with van der Waals surface area (Å²) < 4.78 is 43.1. The predicted octanol–water partition coefficient (Wildman–Crippen LogP) is 2.50. The first-order chi connectivity index (χ1) is 11.0. The molecule has 0 aliphatic carbocycles. The minimum Gasteiger partial charge on any atom is -0.444 e. The van der Waals surface area contributed by atoms with Crippen LogP contribution in [-0.4, -0.2) is 45.7 Å². The first-order valence-electron chi connectivity index (χ1n) is 7.40. The van der Waals surface area contributed by atoms with Crippen molar-refractivity contribution in [3.8, 4) is 0 Å². The third-order valence-electron chi connectivity index (χ3n) is 3.30. The smallest absolute Gasteiger partial charge is 0.421 e.